The lowest BCUT2D eigenvalue weighted by Crippen LogP contribution is -2.45. The number of benzene rings is 2. The molecule has 2 aromatic carbocycles. The zero-order valence-electron chi connectivity index (χ0n) is 23.5. The monoisotopic (exact) mass is 606 g/mol. The highest BCUT2D eigenvalue weighted by Gasteiger charge is 2.51. The largest absolute Gasteiger partial charge is 0.586 e. The molecule has 0 spiro atoms. The van der Waals surface area contributed by atoms with E-state index in [1.807, 2.05) is 0 Å². The molecule has 14 heteroatoms. The molecule has 0 aliphatic carbocycles. The molecule has 0 N–H and O–H groups in total. The van der Waals surface area contributed by atoms with Crippen molar-refractivity contribution in [3.05, 3.63) is 65.0 Å². The molecule has 43 heavy (non-hydrogen) atoms. The summed E-state index contributed by atoms with van der Waals surface area (Å²) in [6.45, 7) is 5.08. The molecular weight excluding hydrogens is 579 g/mol. The van der Waals surface area contributed by atoms with Crippen molar-refractivity contribution in [1.82, 2.24) is 14.7 Å². The van der Waals surface area contributed by atoms with Crippen LogP contribution in [-0.2, 0) is 17.3 Å². The molecule has 9 nitrogen and oxygen atoms in total. The molecule has 2 amide bonds. The van der Waals surface area contributed by atoms with Crippen LogP contribution in [0.2, 0.25) is 0 Å². The minimum atomic E-state index is -4.80. The van der Waals surface area contributed by atoms with Crippen molar-refractivity contribution >= 4 is 17.7 Å². The van der Waals surface area contributed by atoms with Gasteiger partial charge in [0.2, 0.25) is 0 Å². The summed E-state index contributed by atoms with van der Waals surface area (Å²) in [5.41, 5.74) is -1.10. The third kappa shape index (κ3) is 5.12. The van der Waals surface area contributed by atoms with E-state index in [0.29, 0.717) is 18.5 Å². The van der Waals surface area contributed by atoms with Crippen molar-refractivity contribution in [2.24, 2.45) is 0 Å². The Kier molecular flexibility index (Phi) is 6.40. The van der Waals surface area contributed by atoms with E-state index < -0.39 is 41.8 Å². The van der Waals surface area contributed by atoms with Gasteiger partial charge < -0.3 is 19.1 Å². The highest BCUT2D eigenvalue weighted by molar-refractivity contribution is 6.06. The van der Waals surface area contributed by atoms with E-state index in [2.05, 4.69) is 14.6 Å². The Labute approximate surface area is 242 Å². The standard InChI is InChI=1S/C29H27F5N4O5/c1-27(2,3)43-26(40)37-17-8-10-19(37)23-20(13-17)38(35-24(23)28(30,31)32)18-7-5-6-15(12-18)25(39)36(4)16-9-11-21-22(14-16)42-29(33,34)41-21/h5-7,9,11-12,14,17,19H,8,10,13H2,1-4H3. The number of ether oxygens (including phenoxy) is 3. The van der Waals surface area contributed by atoms with Gasteiger partial charge >= 0.3 is 18.6 Å². The molecule has 228 valence electrons. The van der Waals surface area contributed by atoms with E-state index >= 15 is 0 Å². The zero-order chi connectivity index (χ0) is 31.1. The maximum absolute atomic E-state index is 14.3. The average molecular weight is 607 g/mol. The number of halogens is 5. The number of aromatic nitrogens is 2. The molecule has 6 rings (SSSR count). The molecule has 2 atom stereocenters. The Morgan fingerprint density at radius 1 is 1.05 bits per heavy atom. The van der Waals surface area contributed by atoms with Crippen LogP contribution in [-0.4, -0.2) is 51.7 Å². The van der Waals surface area contributed by atoms with Crippen LogP contribution in [0.25, 0.3) is 5.69 Å². The number of carbonyl (C=O) groups excluding carboxylic acids is 2. The van der Waals surface area contributed by atoms with Crippen LogP contribution in [0.1, 0.15) is 67.0 Å². The minimum absolute atomic E-state index is 0.0712. The summed E-state index contributed by atoms with van der Waals surface area (Å²) in [6, 6.07) is 8.59. The zero-order valence-corrected chi connectivity index (χ0v) is 23.5. The van der Waals surface area contributed by atoms with E-state index in [1.165, 1.54) is 64.0 Å². The van der Waals surface area contributed by atoms with E-state index in [1.54, 1.807) is 20.8 Å². The summed E-state index contributed by atoms with van der Waals surface area (Å²) in [5, 5.41) is 3.96. The second-order valence-electron chi connectivity index (χ2n) is 11.7. The molecule has 0 saturated carbocycles. The topological polar surface area (TPSA) is 86.1 Å². The van der Waals surface area contributed by atoms with Crippen LogP contribution in [0, 0.1) is 0 Å². The van der Waals surface area contributed by atoms with Crippen LogP contribution in [0.15, 0.2) is 42.5 Å². The number of amides is 2. The number of anilines is 1. The molecule has 4 heterocycles. The van der Waals surface area contributed by atoms with Gasteiger partial charge in [-0.25, -0.2) is 9.48 Å². The van der Waals surface area contributed by atoms with Crippen molar-refractivity contribution in [3.63, 3.8) is 0 Å². The average Bonchev–Trinajstić information content (AvgIpc) is 3.55. The summed E-state index contributed by atoms with van der Waals surface area (Å²) in [6.07, 6.45) is -8.34. The lowest BCUT2D eigenvalue weighted by Gasteiger charge is -2.36. The maximum Gasteiger partial charge on any atom is 0.586 e. The predicted octanol–water partition coefficient (Wildman–Crippen LogP) is 6.49. The van der Waals surface area contributed by atoms with Gasteiger partial charge in [0.15, 0.2) is 17.2 Å². The number of fused-ring (bicyclic) bond motifs is 5. The van der Waals surface area contributed by atoms with Crippen LogP contribution >= 0.6 is 0 Å². The Morgan fingerprint density at radius 2 is 1.77 bits per heavy atom. The fourth-order valence-electron chi connectivity index (χ4n) is 5.84. The number of carbonyl (C=O) groups is 2. The molecular formula is C29H27F5N4O5. The SMILES string of the molecule is CN(C(=O)c1cccc(-n2nc(C(F)(F)F)c3c2CC2CCC3N2C(=O)OC(C)(C)C)c1)c1ccc2c(c1)OC(F)(F)O2. The first-order valence-corrected chi connectivity index (χ1v) is 13.5. The number of hydrogen-bond acceptors (Lipinski definition) is 6. The van der Waals surface area contributed by atoms with Crippen LogP contribution in [0.3, 0.4) is 0 Å². The normalized spacial score (nSPS) is 20.2. The smallest absolute Gasteiger partial charge is 0.444 e. The summed E-state index contributed by atoms with van der Waals surface area (Å²) >= 11 is 0. The first-order chi connectivity index (χ1) is 20.0. The predicted molar refractivity (Wildman–Crippen MR) is 141 cm³/mol. The summed E-state index contributed by atoms with van der Waals surface area (Å²) in [5.74, 6) is -0.978. The molecule has 2 bridgehead atoms. The highest BCUT2D eigenvalue weighted by Crippen LogP contribution is 2.49. The van der Waals surface area contributed by atoms with Gasteiger partial charge in [-0.05, 0) is 63.9 Å². The van der Waals surface area contributed by atoms with E-state index in [0.717, 1.165) is 0 Å². The van der Waals surface area contributed by atoms with E-state index in [9.17, 15) is 31.5 Å². The van der Waals surface area contributed by atoms with E-state index in [4.69, 9.17) is 4.74 Å². The lowest BCUT2D eigenvalue weighted by molar-refractivity contribution is -0.286. The minimum Gasteiger partial charge on any atom is -0.444 e. The fourth-order valence-corrected chi connectivity index (χ4v) is 5.84. The van der Waals surface area contributed by atoms with Gasteiger partial charge in [0.05, 0.1) is 17.4 Å². The Balaban J connectivity index is 1.34. The summed E-state index contributed by atoms with van der Waals surface area (Å²) < 4.78 is 85.5. The van der Waals surface area contributed by atoms with Crippen molar-refractivity contribution in [2.75, 3.05) is 11.9 Å². The number of hydrogen-bond donors (Lipinski definition) is 0. The second-order valence-corrected chi connectivity index (χ2v) is 11.7. The van der Waals surface area contributed by atoms with Crippen molar-refractivity contribution in [2.45, 2.75) is 70.2 Å². The van der Waals surface area contributed by atoms with Crippen LogP contribution < -0.4 is 14.4 Å². The molecule has 3 aliphatic heterocycles. The van der Waals surface area contributed by atoms with Gasteiger partial charge in [-0.15, -0.1) is 8.78 Å². The van der Waals surface area contributed by atoms with Gasteiger partial charge in [0.1, 0.15) is 5.60 Å². The van der Waals surface area contributed by atoms with E-state index in [-0.39, 0.29) is 46.5 Å². The quantitative estimate of drug-likeness (QED) is 0.317. The van der Waals surface area contributed by atoms with Crippen molar-refractivity contribution < 1.29 is 45.8 Å². The van der Waals surface area contributed by atoms with Gasteiger partial charge in [-0.3, -0.25) is 9.69 Å². The molecule has 2 unspecified atom stereocenters. The number of alkyl halides is 5. The Hall–Kier alpha value is -4.36. The fraction of sp³-hybridized carbons (Fsp3) is 0.414. The van der Waals surface area contributed by atoms with Crippen LogP contribution in [0.5, 0.6) is 11.5 Å². The maximum atomic E-state index is 14.3. The van der Waals surface area contributed by atoms with Gasteiger partial charge in [-0.1, -0.05) is 6.07 Å². The van der Waals surface area contributed by atoms with Crippen LogP contribution in [0.4, 0.5) is 32.4 Å². The number of rotatable bonds is 3. The molecule has 3 aliphatic rings. The Morgan fingerprint density at radius 3 is 2.47 bits per heavy atom. The van der Waals surface area contributed by atoms with Crippen molar-refractivity contribution in [3.8, 4) is 17.2 Å². The molecule has 1 saturated heterocycles. The first kappa shape index (κ1) is 28.7. The highest BCUT2D eigenvalue weighted by atomic mass is 19.4. The molecule has 0 radical (unpaired) electrons. The summed E-state index contributed by atoms with van der Waals surface area (Å²) in [4.78, 5) is 29.0. The summed E-state index contributed by atoms with van der Waals surface area (Å²) in [7, 11) is 1.42. The number of nitrogens with zero attached hydrogens (tertiary/aromatic N) is 4. The van der Waals surface area contributed by atoms with Crippen molar-refractivity contribution in [1.29, 1.82) is 0 Å². The molecule has 1 aromatic heterocycles. The third-order valence-electron chi connectivity index (χ3n) is 7.57. The lowest BCUT2D eigenvalue weighted by atomic mass is 9.97. The van der Waals surface area contributed by atoms with Gasteiger partial charge in [0.25, 0.3) is 5.91 Å². The molecule has 1 fully saturated rings. The Bertz CT molecular complexity index is 1630. The molecule has 3 aromatic rings. The third-order valence-corrected chi connectivity index (χ3v) is 7.57. The van der Waals surface area contributed by atoms with Gasteiger partial charge in [0, 0.05) is 42.4 Å². The second kappa shape index (κ2) is 9.58. The van der Waals surface area contributed by atoms with Gasteiger partial charge in [-0.2, -0.15) is 18.3 Å². The first-order valence-electron chi connectivity index (χ1n) is 13.5.